The van der Waals surface area contributed by atoms with Crippen molar-refractivity contribution < 1.29 is 13.2 Å². The van der Waals surface area contributed by atoms with E-state index in [1.807, 2.05) is 11.0 Å². The maximum Gasteiger partial charge on any atom is 0.245 e. The van der Waals surface area contributed by atoms with Crippen LogP contribution in [0.5, 0.6) is 0 Å². The number of nitrogens with zero attached hydrogens (tertiary/aromatic N) is 4. The predicted octanol–water partition coefficient (Wildman–Crippen LogP) is 3.22. The summed E-state index contributed by atoms with van der Waals surface area (Å²) < 4.78 is 24.5. The van der Waals surface area contributed by atoms with Crippen LogP contribution >= 0.6 is 11.6 Å². The number of hydrogen-bond acceptors (Lipinski definition) is 7. The van der Waals surface area contributed by atoms with Gasteiger partial charge in [0.2, 0.25) is 5.91 Å². The van der Waals surface area contributed by atoms with Gasteiger partial charge in [-0.2, -0.15) is 0 Å². The van der Waals surface area contributed by atoms with Crippen LogP contribution < -0.4 is 5.32 Å². The highest BCUT2D eigenvalue weighted by atomic mass is 35.5. The van der Waals surface area contributed by atoms with Crippen molar-refractivity contribution >= 4 is 44.1 Å². The summed E-state index contributed by atoms with van der Waals surface area (Å²) in [5.74, 6) is 0.628. The number of aromatic nitrogens is 2. The molecule has 0 spiro atoms. The fourth-order valence-electron chi connectivity index (χ4n) is 5.47. The number of nitrogens with one attached hydrogen (secondary N) is 1. The second kappa shape index (κ2) is 9.95. The predicted molar refractivity (Wildman–Crippen MR) is 136 cm³/mol. The minimum atomic E-state index is -3.17. The minimum Gasteiger partial charge on any atom is -0.358 e. The molecule has 0 bridgehead atoms. The molecule has 2 aromatic rings. The van der Waals surface area contributed by atoms with Crippen LogP contribution in [0.25, 0.3) is 10.9 Å². The lowest BCUT2D eigenvalue weighted by atomic mass is 9.81. The highest BCUT2D eigenvalue weighted by Gasteiger charge is 2.43. The first-order valence-electron chi connectivity index (χ1n) is 11.9. The maximum atomic E-state index is 13.5. The van der Waals surface area contributed by atoms with Gasteiger partial charge in [-0.05, 0) is 70.7 Å². The van der Waals surface area contributed by atoms with E-state index in [4.69, 9.17) is 11.6 Å². The van der Waals surface area contributed by atoms with Gasteiger partial charge in [-0.15, -0.1) is 0 Å². The molecular weight excluding hydrogens is 474 g/mol. The fourth-order valence-corrected chi connectivity index (χ4v) is 6.78. The average Bonchev–Trinajstić information content (AvgIpc) is 3.12. The molecule has 1 aromatic carbocycles. The Morgan fingerprint density at radius 2 is 2.00 bits per heavy atom. The van der Waals surface area contributed by atoms with Crippen molar-refractivity contribution in [2.24, 2.45) is 5.92 Å². The molecule has 1 aliphatic heterocycles. The molecule has 4 rings (SSSR count). The molecular formula is C24H34ClN5O3S. The third-order valence-corrected chi connectivity index (χ3v) is 8.64. The monoisotopic (exact) mass is 507 g/mol. The van der Waals surface area contributed by atoms with Gasteiger partial charge in [0.1, 0.15) is 28.0 Å². The molecule has 1 N–H and O–H groups in total. The molecule has 1 saturated heterocycles. The van der Waals surface area contributed by atoms with Crippen molar-refractivity contribution in [1.29, 1.82) is 0 Å². The zero-order valence-corrected chi connectivity index (χ0v) is 21.8. The van der Waals surface area contributed by atoms with Gasteiger partial charge in [0.15, 0.2) is 0 Å². The number of hydrogen-bond donors (Lipinski definition) is 1. The van der Waals surface area contributed by atoms with Gasteiger partial charge in [0.05, 0.1) is 11.3 Å². The Bertz CT molecular complexity index is 1160. The highest BCUT2D eigenvalue weighted by molar-refractivity contribution is 7.90. The summed E-state index contributed by atoms with van der Waals surface area (Å²) in [5, 5.41) is 4.66. The van der Waals surface area contributed by atoms with Crippen molar-refractivity contribution in [1.82, 2.24) is 19.8 Å². The number of halogens is 1. The molecule has 8 nitrogen and oxygen atoms in total. The Labute approximate surface area is 207 Å². The summed E-state index contributed by atoms with van der Waals surface area (Å²) in [6, 6.07) is 5.64. The summed E-state index contributed by atoms with van der Waals surface area (Å²) in [6.45, 7) is 4.92. The van der Waals surface area contributed by atoms with E-state index in [0.29, 0.717) is 35.9 Å². The van der Waals surface area contributed by atoms with Crippen molar-refractivity contribution in [3.63, 3.8) is 0 Å². The summed E-state index contributed by atoms with van der Waals surface area (Å²) in [5.41, 5.74) is 0.755. The van der Waals surface area contributed by atoms with Crippen molar-refractivity contribution in [2.45, 2.75) is 63.7 Å². The Kier molecular flexibility index (Phi) is 7.36. The average molecular weight is 508 g/mol. The molecule has 1 unspecified atom stereocenters. The van der Waals surface area contributed by atoms with Gasteiger partial charge in [-0.3, -0.25) is 4.79 Å². The van der Waals surface area contributed by atoms with E-state index >= 15 is 0 Å². The molecule has 34 heavy (non-hydrogen) atoms. The van der Waals surface area contributed by atoms with Crippen LogP contribution in [0.4, 0.5) is 5.82 Å². The lowest BCUT2D eigenvalue weighted by molar-refractivity contribution is -0.132. The third-order valence-electron chi connectivity index (χ3n) is 7.37. The summed E-state index contributed by atoms with van der Waals surface area (Å²) in [4.78, 5) is 26.4. The van der Waals surface area contributed by atoms with E-state index in [-0.39, 0.29) is 23.6 Å². The lowest BCUT2D eigenvalue weighted by Crippen LogP contribution is -2.52. The van der Waals surface area contributed by atoms with Gasteiger partial charge < -0.3 is 15.1 Å². The molecule has 4 atom stereocenters. The normalized spacial score (nSPS) is 26.1. The number of fused-ring (bicyclic) bond motifs is 1. The second-order valence-electron chi connectivity index (χ2n) is 10.0. The maximum absolute atomic E-state index is 13.5. The lowest BCUT2D eigenvalue weighted by Gasteiger charge is -2.44. The first-order chi connectivity index (χ1) is 16.0. The standard InChI is InChI=1S/C24H34ClN5O3S/c1-15(2)29(3)18-6-8-22(16(11-18)13-34(4,32)33)30-10-9-21(24(30)31)28-23-19-12-17(25)5-7-20(19)26-14-27-23/h5,7,12,14-16,18,21-22H,6,8-11,13H2,1-4H3,(H,26,27,28)/t16-,18+,21?,22-/m0/s1. The van der Waals surface area contributed by atoms with Crippen molar-refractivity contribution in [3.05, 3.63) is 29.5 Å². The zero-order chi connectivity index (χ0) is 24.6. The van der Waals surface area contributed by atoms with Crippen LogP contribution in [0, 0.1) is 5.92 Å². The molecule has 1 saturated carbocycles. The summed E-state index contributed by atoms with van der Waals surface area (Å²) in [6.07, 6.45) is 5.96. The summed E-state index contributed by atoms with van der Waals surface area (Å²) in [7, 11) is -1.06. The Hall–Kier alpha value is -1.97. The fraction of sp³-hybridized carbons (Fsp3) is 0.625. The third kappa shape index (κ3) is 5.47. The second-order valence-corrected chi connectivity index (χ2v) is 12.7. The molecule has 2 fully saturated rings. The van der Waals surface area contributed by atoms with Crippen molar-refractivity contribution in [2.75, 3.05) is 30.9 Å². The van der Waals surface area contributed by atoms with E-state index in [2.05, 4.69) is 41.1 Å². The number of carbonyl (C=O) groups excluding carboxylic acids is 1. The van der Waals surface area contributed by atoms with Gasteiger partial charge in [0, 0.05) is 41.3 Å². The molecule has 1 aromatic heterocycles. The number of carbonyl (C=O) groups is 1. The van der Waals surface area contributed by atoms with Gasteiger partial charge >= 0.3 is 0 Å². The largest absolute Gasteiger partial charge is 0.358 e. The zero-order valence-electron chi connectivity index (χ0n) is 20.2. The smallest absolute Gasteiger partial charge is 0.245 e. The van der Waals surface area contributed by atoms with E-state index in [1.54, 1.807) is 12.1 Å². The number of sulfone groups is 1. The minimum absolute atomic E-state index is 0.00737. The number of rotatable bonds is 7. The number of amides is 1. The van der Waals surface area contributed by atoms with E-state index in [1.165, 1.54) is 12.6 Å². The van der Waals surface area contributed by atoms with Crippen LogP contribution in [0.1, 0.15) is 39.5 Å². The first-order valence-corrected chi connectivity index (χ1v) is 14.3. The molecule has 2 aliphatic rings. The highest BCUT2D eigenvalue weighted by Crippen LogP contribution is 2.35. The van der Waals surface area contributed by atoms with Crippen LogP contribution in [0.3, 0.4) is 0 Å². The van der Waals surface area contributed by atoms with Gasteiger partial charge in [-0.1, -0.05) is 11.6 Å². The Balaban J connectivity index is 1.52. The van der Waals surface area contributed by atoms with Crippen LogP contribution in [0.2, 0.25) is 5.02 Å². The SMILES string of the molecule is CC(C)N(C)[C@@H]1CC[C@H](N2CCC(Nc3ncnc4ccc(Cl)cc34)C2=O)[C@H](CS(C)(=O)=O)C1. The number of anilines is 1. The topological polar surface area (TPSA) is 95.5 Å². The summed E-state index contributed by atoms with van der Waals surface area (Å²) >= 11 is 6.17. The van der Waals surface area contributed by atoms with Gasteiger partial charge in [0.25, 0.3) is 0 Å². The number of likely N-dealkylation sites (tertiary alicyclic amines) is 1. The van der Waals surface area contributed by atoms with Crippen LogP contribution in [-0.2, 0) is 14.6 Å². The van der Waals surface area contributed by atoms with E-state index in [9.17, 15) is 13.2 Å². The van der Waals surface area contributed by atoms with Crippen LogP contribution in [-0.4, -0.2) is 83.9 Å². The van der Waals surface area contributed by atoms with Gasteiger partial charge in [-0.25, -0.2) is 18.4 Å². The number of benzene rings is 1. The molecule has 0 radical (unpaired) electrons. The van der Waals surface area contributed by atoms with Crippen molar-refractivity contribution in [3.8, 4) is 0 Å². The van der Waals surface area contributed by atoms with E-state index < -0.39 is 15.9 Å². The Morgan fingerprint density at radius 1 is 1.24 bits per heavy atom. The molecule has 2 heterocycles. The first kappa shape index (κ1) is 25.1. The molecule has 10 heteroatoms. The molecule has 1 amide bonds. The Morgan fingerprint density at radius 3 is 2.71 bits per heavy atom. The van der Waals surface area contributed by atoms with Crippen LogP contribution in [0.15, 0.2) is 24.5 Å². The van der Waals surface area contributed by atoms with E-state index in [0.717, 1.165) is 30.2 Å². The quantitative estimate of drug-likeness (QED) is 0.614. The molecule has 186 valence electrons. The molecule has 1 aliphatic carbocycles.